The largest absolute Gasteiger partial charge is 0.449 e. The lowest BCUT2D eigenvalue weighted by Gasteiger charge is -2.36. The Labute approximate surface area is 225 Å². The molecule has 0 spiro atoms. The predicted octanol–water partition coefficient (Wildman–Crippen LogP) is 3.00. The zero-order chi connectivity index (χ0) is 28.3. The highest BCUT2D eigenvalue weighted by molar-refractivity contribution is 6.00. The molecule has 11 nitrogen and oxygen atoms in total. The summed E-state index contributed by atoms with van der Waals surface area (Å²) in [6, 6.07) is 9.19. The number of nitrogens with one attached hydrogen (secondary N) is 2. The molecule has 0 aliphatic heterocycles. The zero-order valence-corrected chi connectivity index (χ0v) is 22.3. The van der Waals surface area contributed by atoms with Crippen LogP contribution >= 0.6 is 0 Å². The smallest absolute Gasteiger partial charge is 0.409 e. The van der Waals surface area contributed by atoms with Crippen LogP contribution in [0, 0.1) is 17.2 Å². The molecule has 3 aromatic rings. The van der Waals surface area contributed by atoms with Gasteiger partial charge >= 0.3 is 6.09 Å². The molecule has 0 radical (unpaired) electrons. The number of hydrogen-bond donors (Lipinski definition) is 3. The molecule has 1 aliphatic rings. The number of fused-ring (bicyclic) bond motifs is 1. The monoisotopic (exact) mass is 537 g/mol. The number of nitriles is 1. The lowest BCUT2D eigenvalue weighted by Crippen LogP contribution is -2.42. The summed E-state index contributed by atoms with van der Waals surface area (Å²) in [4.78, 5) is 30.6. The zero-order valence-electron chi connectivity index (χ0n) is 22.3. The van der Waals surface area contributed by atoms with E-state index in [-0.39, 0.29) is 24.1 Å². The number of carbonyl (C=O) groups excluding carboxylic acids is 2. The third-order valence-corrected chi connectivity index (χ3v) is 6.65. The van der Waals surface area contributed by atoms with Gasteiger partial charge in [0.2, 0.25) is 0 Å². The SMILES string of the molecule is CN(C)C(=O)OCC1CC(Nc2cc(-c3ccc4cc(C#N)cnn34)ncc2C(=O)NC[C@@H](F)C(C)(C)O)C1. The second-order valence-corrected chi connectivity index (χ2v) is 10.5. The summed E-state index contributed by atoms with van der Waals surface area (Å²) >= 11 is 0. The summed E-state index contributed by atoms with van der Waals surface area (Å²) in [5.41, 5.74) is 1.50. The van der Waals surface area contributed by atoms with Crippen molar-refractivity contribution in [1.82, 2.24) is 24.8 Å². The number of halogens is 1. The van der Waals surface area contributed by atoms with E-state index in [1.54, 1.807) is 30.7 Å². The highest BCUT2D eigenvalue weighted by Gasteiger charge is 2.32. The maximum Gasteiger partial charge on any atom is 0.409 e. The summed E-state index contributed by atoms with van der Waals surface area (Å²) in [6.45, 7) is 2.63. The number of anilines is 1. The molecule has 2 amide bonds. The first-order valence-electron chi connectivity index (χ1n) is 12.6. The van der Waals surface area contributed by atoms with Gasteiger partial charge in [0.05, 0.1) is 58.7 Å². The highest BCUT2D eigenvalue weighted by Crippen LogP contribution is 2.33. The van der Waals surface area contributed by atoms with Crippen molar-refractivity contribution in [2.45, 2.75) is 44.5 Å². The van der Waals surface area contributed by atoms with Crippen molar-refractivity contribution < 1.29 is 23.8 Å². The average Bonchev–Trinajstić information content (AvgIpc) is 3.30. The van der Waals surface area contributed by atoms with Crippen LogP contribution in [-0.2, 0) is 4.74 Å². The number of ether oxygens (including phenoxy) is 1. The van der Waals surface area contributed by atoms with E-state index >= 15 is 0 Å². The van der Waals surface area contributed by atoms with Crippen LogP contribution in [-0.4, -0.2) is 81.7 Å². The number of nitrogens with zero attached hydrogens (tertiary/aromatic N) is 5. The number of aromatic nitrogens is 3. The normalized spacial score (nSPS) is 17.6. The molecular formula is C27H32FN7O4. The Hall–Kier alpha value is -4.24. The summed E-state index contributed by atoms with van der Waals surface area (Å²) in [5.74, 6) is -0.340. The maximum atomic E-state index is 14.3. The van der Waals surface area contributed by atoms with E-state index in [1.165, 1.54) is 31.1 Å². The summed E-state index contributed by atoms with van der Waals surface area (Å²) in [7, 11) is 3.25. The fraction of sp³-hybridized carbons (Fsp3) is 0.444. The standard InChI is InChI=1S/C27H32FN7O4/c1-27(2,38)24(28)14-31-25(36)20-13-30-22(23-6-5-19-9-17(11-29)12-32-35(19)23)10-21(20)33-18-7-16(8-18)15-39-26(37)34(3)4/h5-6,9-10,12-13,16,18,24,38H,7-8,14-15H2,1-4H3,(H,30,33)(H,31,36)/t16?,18?,24-/m1/s1. The molecule has 0 unspecified atom stereocenters. The van der Waals surface area contributed by atoms with Crippen LogP contribution < -0.4 is 10.6 Å². The molecule has 0 bridgehead atoms. The van der Waals surface area contributed by atoms with Crippen molar-refractivity contribution in [3.05, 3.63) is 47.8 Å². The Morgan fingerprint density at radius 1 is 1.31 bits per heavy atom. The highest BCUT2D eigenvalue weighted by atomic mass is 19.1. The summed E-state index contributed by atoms with van der Waals surface area (Å²) < 4.78 is 21.2. The maximum absolute atomic E-state index is 14.3. The molecule has 206 valence electrons. The molecule has 3 N–H and O–H groups in total. The molecule has 39 heavy (non-hydrogen) atoms. The molecular weight excluding hydrogens is 505 g/mol. The first kappa shape index (κ1) is 27.8. The number of hydrogen-bond acceptors (Lipinski definition) is 8. The lowest BCUT2D eigenvalue weighted by molar-refractivity contribution is -0.00178. The molecule has 1 aliphatic carbocycles. The van der Waals surface area contributed by atoms with Gasteiger partial charge in [-0.3, -0.25) is 9.78 Å². The van der Waals surface area contributed by atoms with Crippen molar-refractivity contribution in [2.75, 3.05) is 32.6 Å². The molecule has 4 rings (SSSR count). The summed E-state index contributed by atoms with van der Waals surface area (Å²) in [6.07, 6.45) is 2.30. The van der Waals surface area contributed by atoms with Gasteiger partial charge in [0.15, 0.2) is 0 Å². The number of rotatable bonds is 9. The molecule has 1 atom stereocenters. The van der Waals surface area contributed by atoms with Crippen LogP contribution in [0.5, 0.6) is 0 Å². The third-order valence-electron chi connectivity index (χ3n) is 6.65. The molecule has 3 heterocycles. The number of pyridine rings is 1. The Kier molecular flexibility index (Phi) is 8.01. The van der Waals surface area contributed by atoms with Crippen molar-refractivity contribution in [3.63, 3.8) is 0 Å². The van der Waals surface area contributed by atoms with Gasteiger partial charge in [-0.1, -0.05) is 0 Å². The molecule has 0 saturated heterocycles. The van der Waals surface area contributed by atoms with E-state index in [0.717, 1.165) is 18.4 Å². The fourth-order valence-electron chi connectivity index (χ4n) is 4.21. The van der Waals surface area contributed by atoms with Gasteiger partial charge in [0.1, 0.15) is 12.2 Å². The van der Waals surface area contributed by atoms with Crippen molar-refractivity contribution in [1.29, 1.82) is 5.26 Å². The lowest BCUT2D eigenvalue weighted by atomic mass is 9.80. The van der Waals surface area contributed by atoms with Crippen molar-refractivity contribution in [2.24, 2.45) is 5.92 Å². The predicted molar refractivity (Wildman–Crippen MR) is 142 cm³/mol. The second-order valence-electron chi connectivity index (χ2n) is 10.5. The van der Waals surface area contributed by atoms with Crippen LogP contribution in [0.4, 0.5) is 14.9 Å². The van der Waals surface area contributed by atoms with Gasteiger partial charge in [0.25, 0.3) is 5.91 Å². The first-order chi connectivity index (χ1) is 18.5. The first-order valence-corrected chi connectivity index (χ1v) is 12.6. The van der Waals surface area contributed by atoms with E-state index < -0.39 is 23.8 Å². The number of amides is 2. The molecule has 12 heteroatoms. The molecule has 0 aromatic carbocycles. The quantitative estimate of drug-likeness (QED) is 0.378. The Morgan fingerprint density at radius 3 is 2.72 bits per heavy atom. The minimum atomic E-state index is -1.65. The number of alkyl halides is 1. The van der Waals surface area contributed by atoms with Gasteiger partial charge < -0.3 is 25.4 Å². The molecule has 3 aromatic heterocycles. The van der Waals surface area contributed by atoms with Crippen LogP contribution in [0.1, 0.15) is 42.6 Å². The van der Waals surface area contributed by atoms with Gasteiger partial charge in [-0.2, -0.15) is 10.4 Å². The van der Waals surface area contributed by atoms with Gasteiger partial charge in [-0.15, -0.1) is 0 Å². The second kappa shape index (κ2) is 11.2. The minimum absolute atomic E-state index is 0.0283. The fourth-order valence-corrected chi connectivity index (χ4v) is 4.21. The molecule has 1 saturated carbocycles. The van der Waals surface area contributed by atoms with E-state index in [0.29, 0.717) is 29.2 Å². The van der Waals surface area contributed by atoms with E-state index in [9.17, 15) is 19.1 Å². The number of carbonyl (C=O) groups is 2. The van der Waals surface area contributed by atoms with Crippen LogP contribution in [0.3, 0.4) is 0 Å². The minimum Gasteiger partial charge on any atom is -0.449 e. The Bertz CT molecular complexity index is 1400. The average molecular weight is 538 g/mol. The van der Waals surface area contributed by atoms with E-state index in [4.69, 9.17) is 10.00 Å². The number of aliphatic hydroxyl groups is 1. The third kappa shape index (κ3) is 6.43. The molecule has 1 fully saturated rings. The van der Waals surface area contributed by atoms with Gasteiger partial charge in [0, 0.05) is 26.3 Å². The van der Waals surface area contributed by atoms with E-state index in [1.807, 2.05) is 12.1 Å². The topological polar surface area (TPSA) is 145 Å². The van der Waals surface area contributed by atoms with Crippen molar-refractivity contribution >= 4 is 23.2 Å². The van der Waals surface area contributed by atoms with E-state index in [2.05, 4.69) is 26.8 Å². The summed E-state index contributed by atoms with van der Waals surface area (Å²) in [5, 5.41) is 29.3. The Morgan fingerprint density at radius 2 is 2.05 bits per heavy atom. The van der Waals surface area contributed by atoms with Crippen molar-refractivity contribution in [3.8, 4) is 17.5 Å². The van der Waals surface area contributed by atoms with Crippen LogP contribution in [0.2, 0.25) is 0 Å². The van der Waals surface area contributed by atoms with Crippen LogP contribution in [0.25, 0.3) is 16.9 Å². The van der Waals surface area contributed by atoms with Gasteiger partial charge in [-0.25, -0.2) is 13.7 Å². The van der Waals surface area contributed by atoms with Crippen LogP contribution in [0.15, 0.2) is 36.7 Å². The Balaban J connectivity index is 1.55. The van der Waals surface area contributed by atoms with Gasteiger partial charge in [-0.05, 0) is 56.9 Å².